The van der Waals surface area contributed by atoms with E-state index in [1.807, 2.05) is 11.9 Å². The van der Waals surface area contributed by atoms with Crippen LogP contribution in [0.4, 0.5) is 10.1 Å². The van der Waals surface area contributed by atoms with E-state index in [1.165, 1.54) is 12.1 Å². The quantitative estimate of drug-likeness (QED) is 0.835. The van der Waals surface area contributed by atoms with Gasteiger partial charge in [-0.1, -0.05) is 6.07 Å². The molecule has 4 nitrogen and oxygen atoms in total. The number of nitrogens with zero attached hydrogens (tertiary/aromatic N) is 2. The molecule has 0 bridgehead atoms. The van der Waals surface area contributed by atoms with Gasteiger partial charge < -0.3 is 14.9 Å². The standard InChI is InChI=1S/C12H15FN2O2/c1-14-5-6-15(11(8-14)12(16)17)10-4-2-3-9(13)7-10/h2-4,7,11H,5-6,8H2,1H3,(H,16,17). The van der Waals surface area contributed by atoms with Crippen molar-refractivity contribution >= 4 is 11.7 Å². The summed E-state index contributed by atoms with van der Waals surface area (Å²) in [6.45, 7) is 1.82. The number of carboxylic acid groups (broad SMARTS) is 1. The Morgan fingerprint density at radius 1 is 1.47 bits per heavy atom. The molecule has 0 aliphatic carbocycles. The summed E-state index contributed by atoms with van der Waals surface area (Å²) in [4.78, 5) is 14.9. The fraction of sp³-hybridized carbons (Fsp3) is 0.417. The summed E-state index contributed by atoms with van der Waals surface area (Å²) in [6.07, 6.45) is 0. The van der Waals surface area contributed by atoms with E-state index in [4.69, 9.17) is 0 Å². The monoisotopic (exact) mass is 238 g/mol. The van der Waals surface area contributed by atoms with Gasteiger partial charge in [0.1, 0.15) is 11.9 Å². The van der Waals surface area contributed by atoms with E-state index in [0.29, 0.717) is 18.8 Å². The van der Waals surface area contributed by atoms with Crippen molar-refractivity contribution in [2.45, 2.75) is 6.04 Å². The SMILES string of the molecule is CN1CCN(c2cccc(F)c2)C(C(=O)O)C1. The number of likely N-dealkylation sites (N-methyl/N-ethyl adjacent to an activating group) is 1. The van der Waals surface area contributed by atoms with Crippen LogP contribution < -0.4 is 4.90 Å². The van der Waals surface area contributed by atoms with E-state index in [9.17, 15) is 14.3 Å². The number of anilines is 1. The minimum absolute atomic E-state index is 0.342. The maximum atomic E-state index is 13.1. The molecule has 92 valence electrons. The summed E-state index contributed by atoms with van der Waals surface area (Å²) in [7, 11) is 1.89. The first-order valence-electron chi connectivity index (χ1n) is 5.51. The van der Waals surface area contributed by atoms with Crippen molar-refractivity contribution in [2.24, 2.45) is 0 Å². The van der Waals surface area contributed by atoms with E-state index in [0.717, 1.165) is 6.54 Å². The van der Waals surface area contributed by atoms with Crippen LogP contribution in [0.2, 0.25) is 0 Å². The smallest absolute Gasteiger partial charge is 0.327 e. The van der Waals surface area contributed by atoms with Gasteiger partial charge in [-0.2, -0.15) is 0 Å². The fourth-order valence-corrected chi connectivity index (χ4v) is 2.09. The summed E-state index contributed by atoms with van der Waals surface area (Å²) in [5.41, 5.74) is 0.630. The zero-order chi connectivity index (χ0) is 12.4. The third-order valence-corrected chi connectivity index (χ3v) is 3.01. The molecule has 1 heterocycles. The van der Waals surface area contributed by atoms with Crippen LogP contribution in [0.15, 0.2) is 24.3 Å². The highest BCUT2D eigenvalue weighted by molar-refractivity contribution is 5.78. The first-order valence-corrected chi connectivity index (χ1v) is 5.51. The lowest BCUT2D eigenvalue weighted by Crippen LogP contribution is -2.55. The van der Waals surface area contributed by atoms with Gasteiger partial charge >= 0.3 is 5.97 Å². The largest absolute Gasteiger partial charge is 0.480 e. The first-order chi connectivity index (χ1) is 8.08. The zero-order valence-electron chi connectivity index (χ0n) is 9.64. The molecule has 1 aliphatic heterocycles. The number of halogens is 1. The molecule has 0 radical (unpaired) electrons. The van der Waals surface area contributed by atoms with Gasteiger partial charge in [-0.25, -0.2) is 9.18 Å². The van der Waals surface area contributed by atoms with E-state index >= 15 is 0 Å². The third-order valence-electron chi connectivity index (χ3n) is 3.01. The lowest BCUT2D eigenvalue weighted by molar-refractivity contribution is -0.139. The highest BCUT2D eigenvalue weighted by atomic mass is 19.1. The lowest BCUT2D eigenvalue weighted by atomic mass is 10.1. The summed E-state index contributed by atoms with van der Waals surface area (Å²) in [5, 5.41) is 9.19. The number of hydrogen-bond acceptors (Lipinski definition) is 3. The van der Waals surface area contributed by atoms with E-state index < -0.39 is 12.0 Å². The maximum Gasteiger partial charge on any atom is 0.327 e. The van der Waals surface area contributed by atoms with Gasteiger partial charge in [-0.3, -0.25) is 0 Å². The Bertz CT molecular complexity index is 425. The summed E-state index contributed by atoms with van der Waals surface area (Å²) in [6, 6.07) is 5.46. The molecule has 5 heteroatoms. The number of benzene rings is 1. The molecule has 1 aliphatic rings. The molecule has 1 unspecified atom stereocenters. The van der Waals surface area contributed by atoms with Gasteiger partial charge in [-0.15, -0.1) is 0 Å². The Morgan fingerprint density at radius 3 is 2.88 bits per heavy atom. The van der Waals surface area contributed by atoms with Crippen molar-refractivity contribution in [3.63, 3.8) is 0 Å². The molecule has 1 N–H and O–H groups in total. The molecule has 0 amide bonds. The molecule has 0 aromatic heterocycles. The number of piperazine rings is 1. The van der Waals surface area contributed by atoms with Crippen LogP contribution in [-0.4, -0.2) is 48.7 Å². The van der Waals surface area contributed by atoms with Crippen molar-refractivity contribution < 1.29 is 14.3 Å². The van der Waals surface area contributed by atoms with E-state index in [2.05, 4.69) is 0 Å². The van der Waals surface area contributed by atoms with Gasteiger partial charge in [0.2, 0.25) is 0 Å². The molecule has 1 atom stereocenters. The Balaban J connectivity index is 2.26. The van der Waals surface area contributed by atoms with Crippen LogP contribution >= 0.6 is 0 Å². The van der Waals surface area contributed by atoms with Crippen molar-refractivity contribution in [3.8, 4) is 0 Å². The third kappa shape index (κ3) is 2.55. The molecular formula is C12H15FN2O2. The zero-order valence-corrected chi connectivity index (χ0v) is 9.64. The summed E-state index contributed by atoms with van der Waals surface area (Å²) in [5.74, 6) is -1.22. The molecule has 1 fully saturated rings. The highest BCUT2D eigenvalue weighted by Crippen LogP contribution is 2.21. The van der Waals surface area contributed by atoms with Crippen LogP contribution in [0, 0.1) is 5.82 Å². The fourth-order valence-electron chi connectivity index (χ4n) is 2.09. The molecule has 2 rings (SSSR count). The number of aliphatic carboxylic acids is 1. The van der Waals surface area contributed by atoms with Crippen molar-refractivity contribution in [3.05, 3.63) is 30.1 Å². The lowest BCUT2D eigenvalue weighted by Gasteiger charge is -2.39. The van der Waals surface area contributed by atoms with Crippen molar-refractivity contribution in [1.82, 2.24) is 4.90 Å². The number of carboxylic acids is 1. The van der Waals surface area contributed by atoms with Gasteiger partial charge in [-0.05, 0) is 25.2 Å². The van der Waals surface area contributed by atoms with Crippen LogP contribution in [0.1, 0.15) is 0 Å². The number of hydrogen-bond donors (Lipinski definition) is 1. The second-order valence-electron chi connectivity index (χ2n) is 4.29. The normalized spacial score (nSPS) is 21.5. The van der Waals surface area contributed by atoms with Gasteiger partial charge in [0.25, 0.3) is 0 Å². The molecule has 0 spiro atoms. The highest BCUT2D eigenvalue weighted by Gasteiger charge is 2.31. The predicted octanol–water partition coefficient (Wildman–Crippen LogP) is 1.03. The summed E-state index contributed by atoms with van der Waals surface area (Å²) >= 11 is 0. The van der Waals surface area contributed by atoms with E-state index in [1.54, 1.807) is 17.0 Å². The van der Waals surface area contributed by atoms with Gasteiger partial charge in [0, 0.05) is 25.3 Å². The molecular weight excluding hydrogens is 223 g/mol. The first kappa shape index (κ1) is 11.9. The molecule has 1 aromatic carbocycles. The van der Waals surface area contributed by atoms with Gasteiger partial charge in [0.15, 0.2) is 0 Å². The summed E-state index contributed by atoms with van der Waals surface area (Å²) < 4.78 is 13.1. The minimum atomic E-state index is -0.874. The average molecular weight is 238 g/mol. The topological polar surface area (TPSA) is 43.8 Å². The van der Waals surface area contributed by atoms with Crippen LogP contribution in [0.25, 0.3) is 0 Å². The predicted molar refractivity (Wildman–Crippen MR) is 62.7 cm³/mol. The van der Waals surface area contributed by atoms with Crippen molar-refractivity contribution in [1.29, 1.82) is 0 Å². The molecule has 17 heavy (non-hydrogen) atoms. The Hall–Kier alpha value is -1.62. The number of carbonyl (C=O) groups is 1. The van der Waals surface area contributed by atoms with Crippen LogP contribution in [0.5, 0.6) is 0 Å². The Kier molecular flexibility index (Phi) is 3.28. The molecule has 1 saturated heterocycles. The second kappa shape index (κ2) is 4.71. The van der Waals surface area contributed by atoms with Crippen molar-refractivity contribution in [2.75, 3.05) is 31.6 Å². The number of rotatable bonds is 2. The minimum Gasteiger partial charge on any atom is -0.480 e. The maximum absolute atomic E-state index is 13.1. The Labute approximate surface area is 99.3 Å². The Morgan fingerprint density at radius 2 is 2.24 bits per heavy atom. The van der Waals surface area contributed by atoms with E-state index in [-0.39, 0.29) is 5.82 Å². The average Bonchev–Trinajstić information content (AvgIpc) is 2.28. The molecule has 1 aromatic rings. The second-order valence-corrected chi connectivity index (χ2v) is 4.29. The van der Waals surface area contributed by atoms with Crippen LogP contribution in [0.3, 0.4) is 0 Å². The van der Waals surface area contributed by atoms with Gasteiger partial charge in [0.05, 0.1) is 0 Å². The molecule has 0 saturated carbocycles. The van der Waals surface area contributed by atoms with Crippen LogP contribution in [-0.2, 0) is 4.79 Å².